The number of aryl methyl sites for hydroxylation is 1. The van der Waals surface area contributed by atoms with Crippen LogP contribution in [0.5, 0.6) is 0 Å². The molecule has 1 aliphatic rings. The Morgan fingerprint density at radius 1 is 1.15 bits per heavy atom. The van der Waals surface area contributed by atoms with Crippen LogP contribution >= 0.6 is 0 Å². The molecular formula is C17H18N2O. The van der Waals surface area contributed by atoms with Crippen LogP contribution in [0.25, 0.3) is 0 Å². The van der Waals surface area contributed by atoms with Crippen molar-refractivity contribution in [3.8, 4) is 0 Å². The van der Waals surface area contributed by atoms with Crippen molar-refractivity contribution in [2.24, 2.45) is 0 Å². The summed E-state index contributed by atoms with van der Waals surface area (Å²) in [5.74, 6) is -0.0519. The van der Waals surface area contributed by atoms with Gasteiger partial charge in [-0.1, -0.05) is 29.8 Å². The van der Waals surface area contributed by atoms with Crippen molar-refractivity contribution in [2.75, 3.05) is 11.9 Å². The molecule has 0 saturated heterocycles. The zero-order chi connectivity index (χ0) is 13.9. The maximum absolute atomic E-state index is 12.3. The fourth-order valence-electron chi connectivity index (χ4n) is 2.53. The Balaban J connectivity index is 1.84. The Morgan fingerprint density at radius 3 is 2.75 bits per heavy atom. The van der Waals surface area contributed by atoms with Crippen LogP contribution in [0.2, 0.25) is 0 Å². The average Bonchev–Trinajstić information content (AvgIpc) is 2.48. The summed E-state index contributed by atoms with van der Waals surface area (Å²) in [5, 5.41) is 6.38. The number of rotatable bonds is 2. The molecule has 102 valence electrons. The summed E-state index contributed by atoms with van der Waals surface area (Å²) >= 11 is 0. The second-order valence-corrected chi connectivity index (χ2v) is 5.19. The number of fused-ring (bicyclic) bond motifs is 1. The minimum Gasteiger partial charge on any atom is -0.322 e. The Hall–Kier alpha value is -2.13. The van der Waals surface area contributed by atoms with Crippen LogP contribution in [0.4, 0.5) is 5.69 Å². The molecule has 0 bridgehead atoms. The van der Waals surface area contributed by atoms with Crippen molar-refractivity contribution < 1.29 is 4.79 Å². The predicted octanol–water partition coefficient (Wildman–Crippen LogP) is 2.89. The number of anilines is 1. The lowest BCUT2D eigenvalue weighted by atomic mass is 9.99. The first kappa shape index (κ1) is 12.9. The monoisotopic (exact) mass is 266 g/mol. The Labute approximate surface area is 119 Å². The average molecular weight is 266 g/mol. The summed E-state index contributed by atoms with van der Waals surface area (Å²) in [6.07, 6.45) is 1.02. The van der Waals surface area contributed by atoms with E-state index >= 15 is 0 Å². The van der Waals surface area contributed by atoms with E-state index in [1.54, 1.807) is 0 Å². The molecule has 1 heterocycles. The summed E-state index contributed by atoms with van der Waals surface area (Å²) in [5.41, 5.74) is 5.30. The smallest absolute Gasteiger partial charge is 0.255 e. The summed E-state index contributed by atoms with van der Waals surface area (Å²) in [7, 11) is 0. The number of hydrogen-bond donors (Lipinski definition) is 2. The van der Waals surface area contributed by atoms with Crippen LogP contribution in [0, 0.1) is 6.92 Å². The molecule has 0 unspecified atom stereocenters. The second-order valence-electron chi connectivity index (χ2n) is 5.19. The first-order chi connectivity index (χ1) is 9.74. The van der Waals surface area contributed by atoms with Crippen molar-refractivity contribution in [2.45, 2.75) is 19.9 Å². The topological polar surface area (TPSA) is 41.1 Å². The molecule has 2 aromatic carbocycles. The van der Waals surface area contributed by atoms with E-state index in [0.717, 1.165) is 30.8 Å². The van der Waals surface area contributed by atoms with Crippen LogP contribution in [0.1, 0.15) is 27.0 Å². The molecule has 0 saturated carbocycles. The quantitative estimate of drug-likeness (QED) is 0.877. The van der Waals surface area contributed by atoms with E-state index < -0.39 is 0 Å². The fourth-order valence-corrected chi connectivity index (χ4v) is 2.53. The van der Waals surface area contributed by atoms with Crippen molar-refractivity contribution in [1.29, 1.82) is 0 Å². The van der Waals surface area contributed by atoms with Crippen molar-refractivity contribution in [3.63, 3.8) is 0 Å². The molecule has 0 radical (unpaired) electrons. The van der Waals surface area contributed by atoms with Gasteiger partial charge in [-0.05, 0) is 49.2 Å². The molecule has 0 fully saturated rings. The highest BCUT2D eigenvalue weighted by Crippen LogP contribution is 2.23. The lowest BCUT2D eigenvalue weighted by Gasteiger charge is -2.20. The van der Waals surface area contributed by atoms with Gasteiger partial charge in [0.1, 0.15) is 0 Å². The molecule has 3 heteroatoms. The lowest BCUT2D eigenvalue weighted by Crippen LogP contribution is -2.25. The number of hydrogen-bond acceptors (Lipinski definition) is 2. The van der Waals surface area contributed by atoms with Gasteiger partial charge in [0, 0.05) is 17.8 Å². The van der Waals surface area contributed by atoms with Crippen molar-refractivity contribution in [3.05, 3.63) is 64.7 Å². The molecule has 2 aromatic rings. The summed E-state index contributed by atoms with van der Waals surface area (Å²) in [4.78, 5) is 12.3. The molecule has 3 nitrogen and oxygen atoms in total. The third kappa shape index (κ3) is 2.58. The highest BCUT2D eigenvalue weighted by atomic mass is 16.1. The number of amides is 1. The molecule has 0 aromatic heterocycles. The zero-order valence-corrected chi connectivity index (χ0v) is 11.6. The Bertz CT molecular complexity index is 632. The molecular weight excluding hydrogens is 248 g/mol. The fraction of sp³-hybridized carbons (Fsp3) is 0.235. The van der Waals surface area contributed by atoms with E-state index in [9.17, 15) is 4.79 Å². The SMILES string of the molecule is Cc1ccc(C(=O)Nc2cccc3c2CNCC3)cc1. The van der Waals surface area contributed by atoms with Gasteiger partial charge in [-0.3, -0.25) is 4.79 Å². The van der Waals surface area contributed by atoms with Gasteiger partial charge in [0.15, 0.2) is 0 Å². The third-order valence-electron chi connectivity index (χ3n) is 3.71. The van der Waals surface area contributed by atoms with Crippen molar-refractivity contribution in [1.82, 2.24) is 5.32 Å². The van der Waals surface area contributed by atoms with Gasteiger partial charge in [-0.25, -0.2) is 0 Å². The molecule has 1 aliphatic heterocycles. The largest absolute Gasteiger partial charge is 0.322 e. The highest BCUT2D eigenvalue weighted by molar-refractivity contribution is 6.04. The normalized spacial score (nSPS) is 13.7. The van der Waals surface area contributed by atoms with Crippen LogP contribution in [-0.4, -0.2) is 12.5 Å². The van der Waals surface area contributed by atoms with Gasteiger partial charge >= 0.3 is 0 Å². The van der Waals surface area contributed by atoms with Gasteiger partial charge in [0.25, 0.3) is 5.91 Å². The molecule has 3 rings (SSSR count). The van der Waals surface area contributed by atoms with E-state index in [2.05, 4.69) is 16.7 Å². The second kappa shape index (κ2) is 5.47. The molecule has 0 aliphatic carbocycles. The van der Waals surface area contributed by atoms with Gasteiger partial charge < -0.3 is 10.6 Å². The van der Waals surface area contributed by atoms with Gasteiger partial charge in [-0.15, -0.1) is 0 Å². The first-order valence-corrected chi connectivity index (χ1v) is 6.93. The van der Waals surface area contributed by atoms with E-state index in [0.29, 0.717) is 5.56 Å². The maximum Gasteiger partial charge on any atom is 0.255 e. The first-order valence-electron chi connectivity index (χ1n) is 6.93. The molecule has 1 amide bonds. The minimum absolute atomic E-state index is 0.0519. The van der Waals surface area contributed by atoms with E-state index in [1.807, 2.05) is 43.3 Å². The Morgan fingerprint density at radius 2 is 1.95 bits per heavy atom. The zero-order valence-electron chi connectivity index (χ0n) is 11.6. The summed E-state index contributed by atoms with van der Waals surface area (Å²) < 4.78 is 0. The minimum atomic E-state index is -0.0519. The van der Waals surface area contributed by atoms with Gasteiger partial charge in [-0.2, -0.15) is 0 Å². The van der Waals surface area contributed by atoms with Crippen molar-refractivity contribution >= 4 is 11.6 Å². The summed E-state index contributed by atoms with van der Waals surface area (Å²) in [6, 6.07) is 13.7. The van der Waals surface area contributed by atoms with E-state index in [4.69, 9.17) is 0 Å². The number of nitrogens with one attached hydrogen (secondary N) is 2. The number of carbonyl (C=O) groups excluding carboxylic acids is 1. The predicted molar refractivity (Wildman–Crippen MR) is 81.0 cm³/mol. The molecule has 20 heavy (non-hydrogen) atoms. The van der Waals surface area contributed by atoms with Crippen LogP contribution < -0.4 is 10.6 Å². The standard InChI is InChI=1S/C17H18N2O/c1-12-5-7-14(8-6-12)17(20)19-16-4-2-3-13-9-10-18-11-15(13)16/h2-8,18H,9-11H2,1H3,(H,19,20). The summed E-state index contributed by atoms with van der Waals surface area (Å²) in [6.45, 7) is 3.84. The van der Waals surface area contributed by atoms with Crippen LogP contribution in [0.3, 0.4) is 0 Å². The number of benzene rings is 2. The van der Waals surface area contributed by atoms with Crippen LogP contribution in [-0.2, 0) is 13.0 Å². The highest BCUT2D eigenvalue weighted by Gasteiger charge is 2.14. The molecule has 2 N–H and O–H groups in total. The molecule has 0 spiro atoms. The van der Waals surface area contributed by atoms with Crippen LogP contribution in [0.15, 0.2) is 42.5 Å². The third-order valence-corrected chi connectivity index (χ3v) is 3.71. The van der Waals surface area contributed by atoms with Gasteiger partial charge in [0.05, 0.1) is 0 Å². The van der Waals surface area contributed by atoms with Gasteiger partial charge in [0.2, 0.25) is 0 Å². The van der Waals surface area contributed by atoms with E-state index in [1.165, 1.54) is 11.1 Å². The van der Waals surface area contributed by atoms with E-state index in [-0.39, 0.29) is 5.91 Å². The molecule has 0 atom stereocenters. The maximum atomic E-state index is 12.3. The Kier molecular flexibility index (Phi) is 3.52. The lowest BCUT2D eigenvalue weighted by molar-refractivity contribution is 0.102. The number of carbonyl (C=O) groups is 1.